The second kappa shape index (κ2) is 9.56. The summed E-state index contributed by atoms with van der Waals surface area (Å²) in [6.45, 7) is 4.85. The van der Waals surface area contributed by atoms with Gasteiger partial charge in [-0.2, -0.15) is 0 Å². The second-order valence-corrected chi connectivity index (χ2v) is 5.60. The number of unbranched alkanes of at least 4 members (excludes halogenated alkanes) is 4. The number of rotatable bonds is 10. The Morgan fingerprint density at radius 1 is 1.10 bits per heavy atom. The minimum absolute atomic E-state index is 0.432. The number of carboxylic acids is 1. The maximum Gasteiger partial charge on any atom is 0.335 e. The molecule has 0 saturated carbocycles. The van der Waals surface area contributed by atoms with Crippen molar-refractivity contribution in [3.8, 4) is 0 Å². The van der Waals surface area contributed by atoms with Crippen LogP contribution in [0.5, 0.6) is 0 Å². The Kier molecular flexibility index (Phi) is 8.06. The predicted octanol–water partition coefficient (Wildman–Crippen LogP) is 4.40. The Bertz CT molecular complexity index is 452. The van der Waals surface area contributed by atoms with Crippen molar-refractivity contribution in [2.24, 2.45) is 0 Å². The first-order valence-corrected chi connectivity index (χ1v) is 7.95. The molecular weight excluding hydrogens is 264 g/mol. The second-order valence-electron chi connectivity index (χ2n) is 5.60. The first-order chi connectivity index (χ1) is 10.1. The van der Waals surface area contributed by atoms with E-state index in [1.807, 2.05) is 6.07 Å². The van der Waals surface area contributed by atoms with Gasteiger partial charge < -0.3 is 9.84 Å². The third kappa shape index (κ3) is 5.50. The molecule has 0 aliphatic rings. The summed E-state index contributed by atoms with van der Waals surface area (Å²) < 4.78 is 5.14. The van der Waals surface area contributed by atoms with Crippen LogP contribution in [0.25, 0.3) is 0 Å². The van der Waals surface area contributed by atoms with Crippen LogP contribution in [0.15, 0.2) is 12.1 Å². The third-order valence-electron chi connectivity index (χ3n) is 3.98. The third-order valence-corrected chi connectivity index (χ3v) is 3.98. The average molecular weight is 292 g/mol. The number of hydrogen-bond acceptors (Lipinski definition) is 2. The van der Waals surface area contributed by atoms with Crippen molar-refractivity contribution in [2.75, 3.05) is 13.7 Å². The molecule has 21 heavy (non-hydrogen) atoms. The summed E-state index contributed by atoms with van der Waals surface area (Å²) in [5, 5.41) is 9.38. The molecule has 118 valence electrons. The molecule has 1 aromatic rings. The van der Waals surface area contributed by atoms with Crippen molar-refractivity contribution >= 4 is 5.97 Å². The normalized spacial score (nSPS) is 10.8. The fourth-order valence-corrected chi connectivity index (χ4v) is 2.75. The minimum atomic E-state index is -0.840. The molecule has 0 unspecified atom stereocenters. The van der Waals surface area contributed by atoms with E-state index < -0.39 is 5.97 Å². The fourth-order valence-electron chi connectivity index (χ4n) is 2.75. The Hall–Kier alpha value is -1.35. The predicted molar refractivity (Wildman–Crippen MR) is 86.2 cm³/mol. The molecule has 0 saturated heterocycles. The highest BCUT2D eigenvalue weighted by molar-refractivity contribution is 5.90. The van der Waals surface area contributed by atoms with E-state index in [2.05, 4.69) is 13.8 Å². The van der Waals surface area contributed by atoms with E-state index in [-0.39, 0.29) is 0 Å². The highest BCUT2D eigenvalue weighted by Gasteiger charge is 2.15. The van der Waals surface area contributed by atoms with Crippen LogP contribution in [0, 0.1) is 6.92 Å². The van der Waals surface area contributed by atoms with Gasteiger partial charge in [-0.05, 0) is 48.9 Å². The highest BCUT2D eigenvalue weighted by Crippen LogP contribution is 2.23. The first-order valence-electron chi connectivity index (χ1n) is 7.95. The molecule has 1 N–H and O–H groups in total. The molecule has 1 rings (SSSR count). The lowest BCUT2D eigenvalue weighted by molar-refractivity contribution is 0.0695. The molecule has 0 heterocycles. The Morgan fingerprint density at radius 3 is 2.43 bits per heavy atom. The van der Waals surface area contributed by atoms with Crippen LogP contribution in [-0.4, -0.2) is 24.8 Å². The quantitative estimate of drug-likeness (QED) is 0.650. The molecule has 0 bridgehead atoms. The molecular formula is C18H28O3. The van der Waals surface area contributed by atoms with Crippen molar-refractivity contribution < 1.29 is 14.6 Å². The minimum Gasteiger partial charge on any atom is -0.478 e. The molecule has 3 heteroatoms. The molecule has 0 aliphatic heterocycles. The van der Waals surface area contributed by atoms with Gasteiger partial charge in [0.05, 0.1) is 12.2 Å². The number of hydrogen-bond donors (Lipinski definition) is 1. The number of methoxy groups -OCH3 is 1. The summed E-state index contributed by atoms with van der Waals surface area (Å²) in [7, 11) is 1.65. The molecule has 3 nitrogen and oxygen atoms in total. The molecule has 0 aromatic heterocycles. The Balaban J connectivity index is 2.87. The summed E-state index contributed by atoms with van der Waals surface area (Å²) in [5.74, 6) is -0.840. The van der Waals surface area contributed by atoms with E-state index in [0.717, 1.165) is 18.4 Å². The van der Waals surface area contributed by atoms with Crippen molar-refractivity contribution in [1.82, 2.24) is 0 Å². The number of aromatic carboxylic acids is 1. The van der Waals surface area contributed by atoms with Gasteiger partial charge in [0.2, 0.25) is 0 Å². The molecule has 1 aromatic carbocycles. The molecule has 0 amide bonds. The SMILES string of the molecule is CCCCCCCc1c(C)ccc(C(=O)O)c1CCOC. The Labute approximate surface area is 128 Å². The summed E-state index contributed by atoms with van der Waals surface area (Å²) in [5.41, 5.74) is 3.80. The number of aryl methyl sites for hydroxylation is 1. The van der Waals surface area contributed by atoms with Gasteiger partial charge in [-0.15, -0.1) is 0 Å². The highest BCUT2D eigenvalue weighted by atomic mass is 16.5. The van der Waals surface area contributed by atoms with Gasteiger partial charge in [0.25, 0.3) is 0 Å². The van der Waals surface area contributed by atoms with Gasteiger partial charge in [-0.25, -0.2) is 4.79 Å². The van der Waals surface area contributed by atoms with Gasteiger partial charge in [-0.3, -0.25) is 0 Å². The lowest BCUT2D eigenvalue weighted by Crippen LogP contribution is -2.10. The lowest BCUT2D eigenvalue weighted by atomic mass is 9.91. The molecule has 0 aliphatic carbocycles. The van der Waals surface area contributed by atoms with E-state index >= 15 is 0 Å². The van der Waals surface area contributed by atoms with Gasteiger partial charge >= 0.3 is 5.97 Å². The smallest absolute Gasteiger partial charge is 0.335 e. The van der Waals surface area contributed by atoms with Crippen LogP contribution in [0.3, 0.4) is 0 Å². The van der Waals surface area contributed by atoms with Crippen LogP contribution in [0.1, 0.15) is 66.1 Å². The molecule has 0 atom stereocenters. The van der Waals surface area contributed by atoms with Gasteiger partial charge in [0, 0.05) is 7.11 Å². The Morgan fingerprint density at radius 2 is 1.81 bits per heavy atom. The maximum absolute atomic E-state index is 11.4. The van der Waals surface area contributed by atoms with Gasteiger partial charge in [0.1, 0.15) is 0 Å². The van der Waals surface area contributed by atoms with Crippen molar-refractivity contribution in [1.29, 1.82) is 0 Å². The largest absolute Gasteiger partial charge is 0.478 e. The van der Waals surface area contributed by atoms with Crippen LogP contribution >= 0.6 is 0 Å². The lowest BCUT2D eigenvalue weighted by Gasteiger charge is -2.15. The zero-order valence-electron chi connectivity index (χ0n) is 13.6. The zero-order chi connectivity index (χ0) is 15.7. The van der Waals surface area contributed by atoms with E-state index in [4.69, 9.17) is 4.74 Å². The monoisotopic (exact) mass is 292 g/mol. The molecule has 0 spiro atoms. The summed E-state index contributed by atoms with van der Waals surface area (Å²) in [6, 6.07) is 3.66. The van der Waals surface area contributed by atoms with Crippen molar-refractivity contribution in [2.45, 2.75) is 58.8 Å². The number of carbonyl (C=O) groups is 1. The standard InChI is InChI=1S/C18H28O3/c1-4-5-6-7-8-9-15-14(2)10-11-17(18(19)20)16(15)12-13-21-3/h10-11H,4-9,12-13H2,1-3H3,(H,19,20). The van der Waals surface area contributed by atoms with Gasteiger partial charge in [0.15, 0.2) is 0 Å². The molecule has 0 radical (unpaired) electrons. The van der Waals surface area contributed by atoms with Crippen molar-refractivity contribution in [3.63, 3.8) is 0 Å². The van der Waals surface area contributed by atoms with Crippen LogP contribution in [-0.2, 0) is 17.6 Å². The maximum atomic E-state index is 11.4. The number of benzene rings is 1. The zero-order valence-corrected chi connectivity index (χ0v) is 13.6. The van der Waals surface area contributed by atoms with Crippen LogP contribution in [0.2, 0.25) is 0 Å². The first kappa shape index (κ1) is 17.7. The van der Waals surface area contributed by atoms with Crippen LogP contribution in [0.4, 0.5) is 0 Å². The topological polar surface area (TPSA) is 46.5 Å². The van der Waals surface area contributed by atoms with Crippen molar-refractivity contribution in [3.05, 3.63) is 34.4 Å². The summed E-state index contributed by atoms with van der Waals surface area (Å²) in [4.78, 5) is 11.4. The number of ether oxygens (including phenoxy) is 1. The van der Waals surface area contributed by atoms with E-state index in [1.165, 1.54) is 36.8 Å². The summed E-state index contributed by atoms with van der Waals surface area (Å²) in [6.07, 6.45) is 7.77. The number of carboxylic acid groups (broad SMARTS) is 1. The van der Waals surface area contributed by atoms with E-state index in [1.54, 1.807) is 13.2 Å². The van der Waals surface area contributed by atoms with E-state index in [9.17, 15) is 9.90 Å². The van der Waals surface area contributed by atoms with Crippen LogP contribution < -0.4 is 0 Å². The fraction of sp³-hybridized carbons (Fsp3) is 0.611. The van der Waals surface area contributed by atoms with Gasteiger partial charge in [-0.1, -0.05) is 38.7 Å². The molecule has 0 fully saturated rings. The summed E-state index contributed by atoms with van der Waals surface area (Å²) >= 11 is 0. The average Bonchev–Trinajstić information content (AvgIpc) is 2.46. The van der Waals surface area contributed by atoms with E-state index in [0.29, 0.717) is 18.6 Å².